The summed E-state index contributed by atoms with van der Waals surface area (Å²) in [6.07, 6.45) is 3.06. The molecule has 1 heterocycles. The monoisotopic (exact) mass is 161 g/mol. The summed E-state index contributed by atoms with van der Waals surface area (Å²) in [5, 5.41) is 1.57. The minimum atomic E-state index is -0.442. The van der Waals surface area contributed by atoms with E-state index in [1.54, 1.807) is 19.2 Å². The smallest absolute Gasteiger partial charge is 0.229 e. The predicted octanol–water partition coefficient (Wildman–Crippen LogP) is -0.882. The number of carbonyl (C=O) groups excluding carboxylic acids is 2. The highest BCUT2D eigenvalue weighted by atomic mass is 16.2. The lowest BCUT2D eigenvalue weighted by molar-refractivity contribution is -0.129. The topological polar surface area (TPSA) is 49.9 Å². The van der Waals surface area contributed by atoms with Gasteiger partial charge >= 0.3 is 0 Å². The Hall–Kier alpha value is -1.64. The fourth-order valence-corrected chi connectivity index (χ4v) is 1.33. The Morgan fingerprint density at radius 1 is 1.33 bits per heavy atom. The Balaban J connectivity index is 2.97. The number of nitrogens with one attached hydrogen (secondary N) is 1. The molecule has 0 saturated heterocycles. The summed E-state index contributed by atoms with van der Waals surface area (Å²) >= 11 is 0. The van der Waals surface area contributed by atoms with Crippen LogP contribution in [-0.2, 0) is 9.59 Å². The van der Waals surface area contributed by atoms with Gasteiger partial charge in [0.25, 0.3) is 0 Å². The molecule has 0 saturated carbocycles. The molecule has 0 radical (unpaired) electrons. The number of rotatable bonds is 0. The molecule has 2 rings (SSSR count). The number of fused-ring (bicyclic) bond motifs is 1. The molecule has 60 valence electrons. The largest absolute Gasteiger partial charge is 0.361 e. The molecule has 0 aliphatic heterocycles. The molecule has 1 N–H and O–H groups in total. The maximum atomic E-state index is 11.2. The van der Waals surface area contributed by atoms with E-state index in [1.807, 2.05) is 0 Å². The Labute approximate surface area is 68.4 Å². The van der Waals surface area contributed by atoms with E-state index in [-0.39, 0.29) is 0 Å². The lowest BCUT2D eigenvalue weighted by Crippen LogP contribution is -2.35. The lowest BCUT2D eigenvalue weighted by Gasteiger charge is -1.99. The van der Waals surface area contributed by atoms with Gasteiger partial charge in [-0.1, -0.05) is 0 Å². The van der Waals surface area contributed by atoms with Crippen LogP contribution in [0.25, 0.3) is 11.6 Å². The van der Waals surface area contributed by atoms with Gasteiger partial charge < -0.3 is 4.98 Å². The van der Waals surface area contributed by atoms with Crippen LogP contribution in [0.4, 0.5) is 0 Å². The normalized spacial score (nSPS) is 15.9. The van der Waals surface area contributed by atoms with E-state index in [2.05, 4.69) is 4.98 Å². The molecule has 1 aliphatic rings. The molecule has 1 aromatic rings. The van der Waals surface area contributed by atoms with Crippen LogP contribution in [0.1, 0.15) is 6.92 Å². The second-order valence-electron chi connectivity index (χ2n) is 2.77. The van der Waals surface area contributed by atoms with Crippen LogP contribution in [0.2, 0.25) is 0 Å². The second-order valence-corrected chi connectivity index (χ2v) is 2.77. The zero-order chi connectivity index (χ0) is 8.72. The zero-order valence-electron chi connectivity index (χ0n) is 6.55. The van der Waals surface area contributed by atoms with Gasteiger partial charge in [0.15, 0.2) is 0 Å². The van der Waals surface area contributed by atoms with Crippen LogP contribution < -0.4 is 10.6 Å². The van der Waals surface area contributed by atoms with Crippen molar-refractivity contribution in [3.05, 3.63) is 22.8 Å². The molecule has 0 amide bonds. The molecule has 12 heavy (non-hydrogen) atoms. The van der Waals surface area contributed by atoms with E-state index in [0.717, 1.165) is 10.6 Å². The van der Waals surface area contributed by atoms with E-state index >= 15 is 0 Å². The highest BCUT2D eigenvalue weighted by molar-refractivity contribution is 6.60. The van der Waals surface area contributed by atoms with Gasteiger partial charge in [0.05, 0.1) is 0 Å². The van der Waals surface area contributed by atoms with E-state index < -0.39 is 11.6 Å². The van der Waals surface area contributed by atoms with Crippen LogP contribution in [0, 0.1) is 0 Å². The molecule has 0 atom stereocenters. The number of hydrogen-bond acceptors (Lipinski definition) is 2. The summed E-state index contributed by atoms with van der Waals surface area (Å²) in [5.74, 6) is -0.843. The van der Waals surface area contributed by atoms with Crippen molar-refractivity contribution in [2.75, 3.05) is 0 Å². The van der Waals surface area contributed by atoms with Gasteiger partial charge in [-0.25, -0.2) is 0 Å². The van der Waals surface area contributed by atoms with E-state index in [4.69, 9.17) is 0 Å². The first-order valence-electron chi connectivity index (χ1n) is 3.65. The fraction of sp³-hybridized carbons (Fsp3) is 0.111. The minimum absolute atomic E-state index is 0.401. The standard InChI is InChI=1S/C9H7NO2/c1-5-6-2-3-10-7(6)4-8(11)9(5)12/h2-4,10H,1H3. The number of aromatic nitrogens is 1. The van der Waals surface area contributed by atoms with Crippen LogP contribution in [0.5, 0.6) is 0 Å². The van der Waals surface area contributed by atoms with Crippen molar-refractivity contribution in [1.29, 1.82) is 0 Å². The summed E-state index contributed by atoms with van der Waals surface area (Å²) in [7, 11) is 0. The molecule has 1 aliphatic carbocycles. The van der Waals surface area contributed by atoms with Crippen LogP contribution >= 0.6 is 0 Å². The van der Waals surface area contributed by atoms with Crippen molar-refractivity contribution in [3.63, 3.8) is 0 Å². The van der Waals surface area contributed by atoms with Gasteiger partial charge in [0, 0.05) is 28.4 Å². The van der Waals surface area contributed by atoms with Crippen LogP contribution in [0.3, 0.4) is 0 Å². The maximum absolute atomic E-state index is 11.2. The summed E-state index contributed by atoms with van der Waals surface area (Å²) in [5.41, 5.74) is 0.527. The Morgan fingerprint density at radius 2 is 2.08 bits per heavy atom. The number of ketones is 2. The molecular weight excluding hydrogens is 154 g/mol. The molecule has 0 bridgehead atoms. The van der Waals surface area contributed by atoms with E-state index in [1.165, 1.54) is 6.08 Å². The lowest BCUT2D eigenvalue weighted by atomic mass is 10.0. The summed E-state index contributed by atoms with van der Waals surface area (Å²) in [6, 6.07) is 1.80. The highest BCUT2D eigenvalue weighted by Crippen LogP contribution is 1.97. The third-order valence-corrected chi connectivity index (χ3v) is 2.02. The SMILES string of the molecule is CC1=c2cc[nH]c2=CC(=O)C1=O. The van der Waals surface area contributed by atoms with Gasteiger partial charge in [-0.2, -0.15) is 0 Å². The van der Waals surface area contributed by atoms with Gasteiger partial charge in [-0.15, -0.1) is 0 Å². The predicted molar refractivity (Wildman–Crippen MR) is 43.6 cm³/mol. The average molecular weight is 161 g/mol. The Bertz CT molecular complexity index is 479. The summed E-state index contributed by atoms with van der Waals surface area (Å²) in [6.45, 7) is 1.67. The first-order chi connectivity index (χ1) is 5.70. The Kier molecular flexibility index (Phi) is 1.27. The highest BCUT2D eigenvalue weighted by Gasteiger charge is 2.17. The van der Waals surface area contributed by atoms with Gasteiger partial charge in [-0.05, 0) is 13.0 Å². The average Bonchev–Trinajstić information content (AvgIpc) is 2.48. The second kappa shape index (κ2) is 2.17. The maximum Gasteiger partial charge on any atom is 0.229 e. The van der Waals surface area contributed by atoms with Gasteiger partial charge in [0.1, 0.15) is 0 Å². The van der Waals surface area contributed by atoms with Crippen molar-refractivity contribution >= 4 is 23.2 Å². The molecule has 0 fully saturated rings. The fourth-order valence-electron chi connectivity index (χ4n) is 1.33. The van der Waals surface area contributed by atoms with E-state index in [0.29, 0.717) is 5.57 Å². The summed E-state index contributed by atoms with van der Waals surface area (Å²) < 4.78 is 0. The molecule has 3 heteroatoms. The van der Waals surface area contributed by atoms with Crippen LogP contribution in [0.15, 0.2) is 12.3 Å². The molecule has 0 unspecified atom stereocenters. The van der Waals surface area contributed by atoms with Crippen molar-refractivity contribution in [1.82, 2.24) is 4.98 Å². The molecule has 0 aromatic carbocycles. The molecular formula is C9H7NO2. The van der Waals surface area contributed by atoms with Crippen molar-refractivity contribution < 1.29 is 9.59 Å². The van der Waals surface area contributed by atoms with Gasteiger partial charge in [0.2, 0.25) is 11.6 Å². The number of hydrogen-bond donors (Lipinski definition) is 1. The first-order valence-corrected chi connectivity index (χ1v) is 3.65. The quantitative estimate of drug-likeness (QED) is 0.502. The summed E-state index contributed by atoms with van der Waals surface area (Å²) in [4.78, 5) is 25.1. The third kappa shape index (κ3) is 0.763. The third-order valence-electron chi connectivity index (χ3n) is 2.02. The van der Waals surface area contributed by atoms with Crippen molar-refractivity contribution in [2.24, 2.45) is 0 Å². The van der Waals surface area contributed by atoms with E-state index in [9.17, 15) is 9.59 Å². The van der Waals surface area contributed by atoms with Crippen molar-refractivity contribution in [2.45, 2.75) is 6.92 Å². The van der Waals surface area contributed by atoms with Crippen LogP contribution in [-0.4, -0.2) is 16.6 Å². The molecule has 3 nitrogen and oxygen atoms in total. The number of Topliss-reactive ketones (excluding diaryl/α,β-unsaturated/α-hetero) is 2. The number of carbonyl (C=O) groups is 2. The Morgan fingerprint density at radius 3 is 2.83 bits per heavy atom. The molecule has 0 spiro atoms. The number of H-pyrrole nitrogens is 1. The number of aromatic amines is 1. The first kappa shape index (κ1) is 7.03. The minimum Gasteiger partial charge on any atom is -0.361 e. The molecule has 1 aromatic heterocycles. The van der Waals surface area contributed by atoms with Crippen molar-refractivity contribution in [3.8, 4) is 0 Å². The zero-order valence-corrected chi connectivity index (χ0v) is 6.55. The van der Waals surface area contributed by atoms with Gasteiger partial charge in [-0.3, -0.25) is 9.59 Å².